The monoisotopic (exact) mass is 315 g/mol. The van der Waals surface area contributed by atoms with Crippen molar-refractivity contribution in [1.82, 2.24) is 15.0 Å². The molecule has 0 radical (unpaired) electrons. The maximum atomic E-state index is 11.2. The van der Waals surface area contributed by atoms with Gasteiger partial charge in [0.25, 0.3) is 0 Å². The van der Waals surface area contributed by atoms with Crippen LogP contribution in [0.4, 0.5) is 0 Å². The number of nitrogens with zero attached hydrogens (tertiary/aromatic N) is 3. The lowest BCUT2D eigenvalue weighted by Gasteiger charge is -2.33. The van der Waals surface area contributed by atoms with Gasteiger partial charge in [0, 0.05) is 13.0 Å². The van der Waals surface area contributed by atoms with Gasteiger partial charge in [-0.05, 0) is 31.9 Å². The number of aromatic nitrogens is 2. The van der Waals surface area contributed by atoms with Gasteiger partial charge in [-0.2, -0.15) is 4.98 Å². The molecule has 0 aliphatic carbocycles. The molecule has 2 aromatic rings. The Balaban J connectivity index is 1.66. The molecule has 6 heteroatoms. The van der Waals surface area contributed by atoms with Gasteiger partial charge in [0.15, 0.2) is 5.82 Å². The molecule has 122 valence electrons. The van der Waals surface area contributed by atoms with Crippen molar-refractivity contribution in [1.29, 1.82) is 0 Å². The molecular formula is C17H21N3O3. The van der Waals surface area contributed by atoms with Crippen LogP contribution < -0.4 is 0 Å². The fourth-order valence-corrected chi connectivity index (χ4v) is 3.00. The Hall–Kier alpha value is -2.21. The smallest absolute Gasteiger partial charge is 0.307 e. The zero-order chi connectivity index (χ0) is 16.2. The number of hydrogen-bond acceptors (Lipinski definition) is 5. The lowest BCUT2D eigenvalue weighted by molar-refractivity contribution is -0.144. The zero-order valence-electron chi connectivity index (χ0n) is 13.2. The van der Waals surface area contributed by atoms with Crippen LogP contribution in [0.1, 0.15) is 43.1 Å². The van der Waals surface area contributed by atoms with E-state index in [1.807, 2.05) is 37.3 Å². The molecule has 1 aromatic carbocycles. The number of carbonyl (C=O) groups is 1. The second-order valence-electron chi connectivity index (χ2n) is 6.06. The van der Waals surface area contributed by atoms with Crippen molar-refractivity contribution in [3.05, 3.63) is 47.6 Å². The van der Waals surface area contributed by atoms with E-state index in [-0.39, 0.29) is 12.0 Å². The number of benzene rings is 1. The molecule has 1 saturated heterocycles. The fourth-order valence-electron chi connectivity index (χ4n) is 3.00. The molecule has 2 atom stereocenters. The van der Waals surface area contributed by atoms with Crippen molar-refractivity contribution in [3.8, 4) is 0 Å². The summed E-state index contributed by atoms with van der Waals surface area (Å²) in [6, 6.07) is 9.94. The molecule has 1 fully saturated rings. The number of likely N-dealkylation sites (tertiary alicyclic amines) is 1. The summed E-state index contributed by atoms with van der Waals surface area (Å²) in [5, 5.41) is 13.3. The number of piperidine rings is 1. The molecule has 0 saturated carbocycles. The summed E-state index contributed by atoms with van der Waals surface area (Å²) in [5.41, 5.74) is 1.14. The standard InChI is InChI=1S/C17H21N3O3/c1-12(20-9-5-8-14(11-20)17(21)22)16-18-15(19-23-16)10-13-6-3-2-4-7-13/h2-4,6-7,12,14H,5,8-11H2,1H3,(H,21,22). The molecule has 0 spiro atoms. The summed E-state index contributed by atoms with van der Waals surface area (Å²) in [6.07, 6.45) is 2.25. The molecule has 2 heterocycles. The molecule has 1 aliphatic heterocycles. The third-order valence-corrected chi connectivity index (χ3v) is 4.40. The number of carboxylic acid groups (broad SMARTS) is 1. The maximum Gasteiger partial charge on any atom is 0.307 e. The molecule has 1 aliphatic rings. The van der Waals surface area contributed by atoms with E-state index in [0.29, 0.717) is 24.7 Å². The van der Waals surface area contributed by atoms with Gasteiger partial charge in [0.1, 0.15) is 0 Å². The van der Waals surface area contributed by atoms with Crippen LogP contribution in [-0.4, -0.2) is 39.2 Å². The first-order valence-corrected chi connectivity index (χ1v) is 7.96. The summed E-state index contributed by atoms with van der Waals surface area (Å²) < 4.78 is 5.40. The van der Waals surface area contributed by atoms with Crippen molar-refractivity contribution in [2.75, 3.05) is 13.1 Å². The molecule has 2 unspecified atom stereocenters. The molecule has 6 nitrogen and oxygen atoms in total. The van der Waals surface area contributed by atoms with Crippen LogP contribution in [0.5, 0.6) is 0 Å². The summed E-state index contributed by atoms with van der Waals surface area (Å²) in [7, 11) is 0. The van der Waals surface area contributed by atoms with E-state index in [1.54, 1.807) is 0 Å². The van der Waals surface area contributed by atoms with Crippen LogP contribution in [0, 0.1) is 5.92 Å². The molecule has 1 N–H and O–H groups in total. The van der Waals surface area contributed by atoms with E-state index < -0.39 is 5.97 Å². The van der Waals surface area contributed by atoms with Crippen molar-refractivity contribution in [2.45, 2.75) is 32.2 Å². The van der Waals surface area contributed by atoms with Crippen molar-refractivity contribution in [2.24, 2.45) is 5.92 Å². The quantitative estimate of drug-likeness (QED) is 0.913. The average Bonchev–Trinajstić information content (AvgIpc) is 3.03. The fraction of sp³-hybridized carbons (Fsp3) is 0.471. The van der Waals surface area contributed by atoms with Gasteiger partial charge >= 0.3 is 5.97 Å². The first-order valence-electron chi connectivity index (χ1n) is 7.96. The molecule has 0 amide bonds. The SMILES string of the molecule is CC(c1nc(Cc2ccccc2)no1)N1CCCC(C(=O)O)C1. The summed E-state index contributed by atoms with van der Waals surface area (Å²) in [6.45, 7) is 3.39. The van der Waals surface area contributed by atoms with Crippen molar-refractivity contribution >= 4 is 5.97 Å². The average molecular weight is 315 g/mol. The Kier molecular flexibility index (Phi) is 4.71. The third kappa shape index (κ3) is 3.76. The van der Waals surface area contributed by atoms with Gasteiger partial charge in [-0.3, -0.25) is 9.69 Å². The Morgan fingerprint density at radius 1 is 1.43 bits per heavy atom. The predicted octanol–water partition coefficient (Wildman–Crippen LogP) is 2.52. The van der Waals surface area contributed by atoms with E-state index in [0.717, 1.165) is 24.9 Å². The van der Waals surface area contributed by atoms with E-state index in [4.69, 9.17) is 4.52 Å². The highest BCUT2D eigenvalue weighted by Gasteiger charge is 2.30. The zero-order valence-corrected chi connectivity index (χ0v) is 13.2. The highest BCUT2D eigenvalue weighted by molar-refractivity contribution is 5.70. The van der Waals surface area contributed by atoms with Gasteiger partial charge in [0.05, 0.1) is 12.0 Å². The number of hydrogen-bond donors (Lipinski definition) is 1. The van der Waals surface area contributed by atoms with Crippen LogP contribution in [0.3, 0.4) is 0 Å². The van der Waals surface area contributed by atoms with Crippen molar-refractivity contribution < 1.29 is 14.4 Å². The van der Waals surface area contributed by atoms with Crippen LogP contribution in [0.15, 0.2) is 34.9 Å². The van der Waals surface area contributed by atoms with Gasteiger partial charge in [0.2, 0.25) is 5.89 Å². The summed E-state index contributed by atoms with van der Waals surface area (Å²) >= 11 is 0. The van der Waals surface area contributed by atoms with Crippen LogP contribution in [0.2, 0.25) is 0 Å². The number of aliphatic carboxylic acids is 1. The minimum Gasteiger partial charge on any atom is -0.481 e. The molecule has 23 heavy (non-hydrogen) atoms. The summed E-state index contributed by atoms with van der Waals surface area (Å²) in [5.74, 6) is 0.182. The first-order chi connectivity index (χ1) is 11.1. The van der Waals surface area contributed by atoms with Gasteiger partial charge in [-0.15, -0.1) is 0 Å². The van der Waals surface area contributed by atoms with Crippen LogP contribution >= 0.6 is 0 Å². The molecule has 1 aromatic heterocycles. The maximum absolute atomic E-state index is 11.2. The molecule has 3 rings (SSSR count). The minimum atomic E-state index is -0.725. The van der Waals surface area contributed by atoms with E-state index in [9.17, 15) is 9.90 Å². The van der Waals surface area contributed by atoms with Crippen molar-refractivity contribution in [3.63, 3.8) is 0 Å². The topological polar surface area (TPSA) is 79.5 Å². The van der Waals surface area contributed by atoms with Gasteiger partial charge < -0.3 is 9.63 Å². The van der Waals surface area contributed by atoms with E-state index in [2.05, 4.69) is 15.0 Å². The second kappa shape index (κ2) is 6.91. The van der Waals surface area contributed by atoms with E-state index >= 15 is 0 Å². The molecular weight excluding hydrogens is 294 g/mol. The largest absolute Gasteiger partial charge is 0.481 e. The Bertz CT molecular complexity index is 656. The Labute approximate surface area is 135 Å². The lowest BCUT2D eigenvalue weighted by Crippen LogP contribution is -2.40. The predicted molar refractivity (Wildman–Crippen MR) is 83.9 cm³/mol. The lowest BCUT2D eigenvalue weighted by atomic mass is 9.97. The number of rotatable bonds is 5. The first kappa shape index (κ1) is 15.7. The van der Waals surface area contributed by atoms with E-state index in [1.165, 1.54) is 0 Å². The number of carboxylic acids is 1. The van der Waals surface area contributed by atoms with Gasteiger partial charge in [-0.25, -0.2) is 0 Å². The Morgan fingerprint density at radius 3 is 2.96 bits per heavy atom. The summed E-state index contributed by atoms with van der Waals surface area (Å²) in [4.78, 5) is 17.8. The van der Waals surface area contributed by atoms with Gasteiger partial charge in [-0.1, -0.05) is 35.5 Å². The van der Waals surface area contributed by atoms with Crippen LogP contribution in [0.25, 0.3) is 0 Å². The highest BCUT2D eigenvalue weighted by atomic mass is 16.5. The Morgan fingerprint density at radius 2 is 2.22 bits per heavy atom. The highest BCUT2D eigenvalue weighted by Crippen LogP contribution is 2.26. The van der Waals surface area contributed by atoms with Crippen LogP contribution in [-0.2, 0) is 11.2 Å². The minimum absolute atomic E-state index is 0.0610. The third-order valence-electron chi connectivity index (χ3n) is 4.40. The molecule has 0 bridgehead atoms. The normalized spacial score (nSPS) is 20.3. The second-order valence-corrected chi connectivity index (χ2v) is 6.06.